The number of fused-ring (bicyclic) bond motifs is 1. The Morgan fingerprint density at radius 3 is 2.80 bits per heavy atom. The lowest BCUT2D eigenvalue weighted by atomic mass is 10.1. The van der Waals surface area contributed by atoms with Gasteiger partial charge < -0.3 is 20.1 Å². The van der Waals surface area contributed by atoms with Crippen LogP contribution in [-0.4, -0.2) is 43.3 Å². The third kappa shape index (κ3) is 3.12. The number of nitrogens with zero attached hydrogens (tertiary/aromatic N) is 2. The first kappa shape index (κ1) is 16.7. The van der Waals surface area contributed by atoms with Crippen molar-refractivity contribution >= 4 is 35.4 Å². The van der Waals surface area contributed by atoms with Crippen LogP contribution in [0.1, 0.15) is 18.9 Å². The molecule has 1 unspecified atom stereocenters. The molecular weight excluding hydrogens is 330 g/mol. The van der Waals surface area contributed by atoms with Crippen LogP contribution in [0.15, 0.2) is 18.2 Å². The van der Waals surface area contributed by atoms with Gasteiger partial charge in [-0.2, -0.15) is 0 Å². The Bertz CT molecular complexity index is 762. The van der Waals surface area contributed by atoms with E-state index in [1.807, 2.05) is 6.92 Å². The van der Waals surface area contributed by atoms with Gasteiger partial charge in [0.15, 0.2) is 0 Å². The summed E-state index contributed by atoms with van der Waals surface area (Å²) in [7, 11) is 0. The molecule has 132 valence electrons. The molecule has 2 aliphatic rings. The van der Waals surface area contributed by atoms with Crippen LogP contribution in [0, 0.1) is 0 Å². The lowest BCUT2D eigenvalue weighted by Gasteiger charge is -2.18. The van der Waals surface area contributed by atoms with E-state index in [0.29, 0.717) is 12.2 Å². The van der Waals surface area contributed by atoms with Gasteiger partial charge in [-0.15, -0.1) is 0 Å². The molecule has 3 rings (SSSR count). The van der Waals surface area contributed by atoms with Gasteiger partial charge >= 0.3 is 18.2 Å². The average Bonchev–Trinajstić information content (AvgIpc) is 3.07. The highest BCUT2D eigenvalue weighted by molar-refractivity contribution is 6.03. The van der Waals surface area contributed by atoms with Crippen LogP contribution < -0.4 is 15.5 Å². The molecule has 2 aliphatic heterocycles. The average molecular weight is 347 g/mol. The molecular formula is C16H17N3O6. The summed E-state index contributed by atoms with van der Waals surface area (Å²) in [4.78, 5) is 49.3. The molecule has 0 saturated carbocycles. The van der Waals surface area contributed by atoms with Crippen LogP contribution in [0.4, 0.5) is 21.0 Å². The molecule has 9 heteroatoms. The first-order valence-electron chi connectivity index (χ1n) is 7.83. The van der Waals surface area contributed by atoms with Gasteiger partial charge in [0.05, 0.1) is 13.0 Å². The summed E-state index contributed by atoms with van der Waals surface area (Å²) < 4.78 is 9.16. The van der Waals surface area contributed by atoms with Crippen molar-refractivity contribution in [3.8, 4) is 0 Å². The molecule has 0 spiro atoms. The maximum absolute atomic E-state index is 12.1. The van der Waals surface area contributed by atoms with Crippen molar-refractivity contribution in [2.75, 3.05) is 22.9 Å². The van der Waals surface area contributed by atoms with Crippen molar-refractivity contribution in [2.24, 2.45) is 5.73 Å². The molecule has 1 saturated heterocycles. The SMILES string of the molecule is CCCN1C(=O)Cc2cc(N3CC(C(=O)OC(N)=O)OC3=O)ccc21. The number of ether oxygens (including phenoxy) is 2. The highest BCUT2D eigenvalue weighted by atomic mass is 16.6. The van der Waals surface area contributed by atoms with Crippen LogP contribution in [0.3, 0.4) is 0 Å². The first-order valence-corrected chi connectivity index (χ1v) is 7.83. The van der Waals surface area contributed by atoms with E-state index >= 15 is 0 Å². The van der Waals surface area contributed by atoms with Crippen molar-refractivity contribution < 1.29 is 28.7 Å². The second kappa shape index (κ2) is 6.42. The topological polar surface area (TPSA) is 119 Å². The monoisotopic (exact) mass is 347 g/mol. The van der Waals surface area contributed by atoms with E-state index in [1.165, 1.54) is 4.90 Å². The van der Waals surface area contributed by atoms with Crippen LogP contribution in [-0.2, 0) is 25.5 Å². The van der Waals surface area contributed by atoms with Crippen LogP contribution in [0.5, 0.6) is 0 Å². The Kier molecular flexibility index (Phi) is 4.30. The molecule has 0 radical (unpaired) electrons. The summed E-state index contributed by atoms with van der Waals surface area (Å²) >= 11 is 0. The Hall–Kier alpha value is -3.10. The minimum atomic E-state index is -1.26. The number of amides is 3. The van der Waals surface area contributed by atoms with Crippen molar-refractivity contribution in [1.29, 1.82) is 0 Å². The Morgan fingerprint density at radius 2 is 2.12 bits per heavy atom. The number of rotatable bonds is 4. The Morgan fingerprint density at radius 1 is 1.36 bits per heavy atom. The van der Waals surface area contributed by atoms with E-state index in [0.717, 1.165) is 17.7 Å². The quantitative estimate of drug-likeness (QED) is 0.639. The summed E-state index contributed by atoms with van der Waals surface area (Å²) in [5.41, 5.74) is 6.92. The van der Waals surface area contributed by atoms with Gasteiger partial charge in [0, 0.05) is 17.9 Å². The summed E-state index contributed by atoms with van der Waals surface area (Å²) in [6.07, 6.45) is -2.12. The second-order valence-electron chi connectivity index (χ2n) is 5.76. The predicted molar refractivity (Wildman–Crippen MR) is 86.1 cm³/mol. The minimum absolute atomic E-state index is 0.0147. The van der Waals surface area contributed by atoms with E-state index in [9.17, 15) is 19.2 Å². The normalized spacial score (nSPS) is 19.0. The van der Waals surface area contributed by atoms with Crippen LogP contribution in [0.2, 0.25) is 0 Å². The van der Waals surface area contributed by atoms with Gasteiger partial charge in [-0.25, -0.2) is 14.4 Å². The van der Waals surface area contributed by atoms with Gasteiger partial charge in [-0.1, -0.05) is 6.92 Å². The van der Waals surface area contributed by atoms with E-state index < -0.39 is 24.3 Å². The molecule has 2 heterocycles. The zero-order chi connectivity index (χ0) is 18.1. The third-order valence-corrected chi connectivity index (χ3v) is 4.03. The Balaban J connectivity index is 1.78. The third-order valence-electron chi connectivity index (χ3n) is 4.03. The Labute approximate surface area is 143 Å². The molecule has 1 atom stereocenters. The maximum Gasteiger partial charge on any atom is 0.415 e. The van der Waals surface area contributed by atoms with Gasteiger partial charge in [0.25, 0.3) is 0 Å². The van der Waals surface area contributed by atoms with Crippen molar-refractivity contribution in [3.05, 3.63) is 23.8 Å². The number of hydrogen-bond donors (Lipinski definition) is 1. The number of carbonyl (C=O) groups excluding carboxylic acids is 4. The minimum Gasteiger partial charge on any atom is -0.432 e. The molecule has 3 amide bonds. The number of cyclic esters (lactones) is 1. The second-order valence-corrected chi connectivity index (χ2v) is 5.76. The number of carbonyl (C=O) groups is 4. The molecule has 1 aromatic rings. The fourth-order valence-electron chi connectivity index (χ4n) is 2.97. The number of hydrogen-bond acceptors (Lipinski definition) is 6. The molecule has 0 aromatic heterocycles. The molecule has 2 N–H and O–H groups in total. The van der Waals surface area contributed by atoms with Crippen molar-refractivity contribution in [2.45, 2.75) is 25.9 Å². The fraction of sp³-hybridized carbons (Fsp3) is 0.375. The van der Waals surface area contributed by atoms with Gasteiger partial charge in [0.2, 0.25) is 12.0 Å². The number of nitrogens with two attached hydrogens (primary N) is 1. The maximum atomic E-state index is 12.1. The van der Waals surface area contributed by atoms with E-state index in [4.69, 9.17) is 10.5 Å². The fourth-order valence-corrected chi connectivity index (χ4v) is 2.97. The molecule has 0 aliphatic carbocycles. The van der Waals surface area contributed by atoms with Crippen LogP contribution >= 0.6 is 0 Å². The van der Waals surface area contributed by atoms with Gasteiger partial charge in [-0.05, 0) is 30.2 Å². The molecule has 1 aromatic carbocycles. The summed E-state index contributed by atoms with van der Waals surface area (Å²) in [6.45, 7) is 2.53. The highest BCUT2D eigenvalue weighted by Crippen LogP contribution is 2.33. The van der Waals surface area contributed by atoms with Crippen molar-refractivity contribution in [1.82, 2.24) is 0 Å². The van der Waals surface area contributed by atoms with Gasteiger partial charge in [0.1, 0.15) is 0 Å². The zero-order valence-electron chi connectivity index (χ0n) is 13.6. The zero-order valence-corrected chi connectivity index (χ0v) is 13.6. The van der Waals surface area contributed by atoms with Gasteiger partial charge in [-0.3, -0.25) is 9.69 Å². The number of anilines is 2. The summed E-state index contributed by atoms with van der Waals surface area (Å²) in [5.74, 6) is -1.00. The summed E-state index contributed by atoms with van der Waals surface area (Å²) in [6, 6.07) is 5.18. The summed E-state index contributed by atoms with van der Waals surface area (Å²) in [5, 5.41) is 0. The van der Waals surface area contributed by atoms with Crippen LogP contribution in [0.25, 0.3) is 0 Å². The predicted octanol–water partition coefficient (Wildman–Crippen LogP) is 0.933. The van der Waals surface area contributed by atoms with Crippen molar-refractivity contribution in [3.63, 3.8) is 0 Å². The first-order chi connectivity index (χ1) is 11.9. The molecule has 1 fully saturated rings. The highest BCUT2D eigenvalue weighted by Gasteiger charge is 2.39. The number of benzene rings is 1. The van der Waals surface area contributed by atoms with E-state index in [-0.39, 0.29) is 18.9 Å². The standard InChI is InChI=1S/C16H17N3O6/c1-2-5-18-11-4-3-10(6-9(11)7-13(18)20)19-8-12(24-16(19)23)14(21)25-15(17)22/h3-4,6,12H,2,5,7-8H2,1H3,(H2,17,22). The smallest absolute Gasteiger partial charge is 0.415 e. The largest absolute Gasteiger partial charge is 0.432 e. The van der Waals surface area contributed by atoms with E-state index in [1.54, 1.807) is 23.1 Å². The lowest BCUT2D eigenvalue weighted by molar-refractivity contribution is -0.144. The molecule has 9 nitrogen and oxygen atoms in total. The molecule has 25 heavy (non-hydrogen) atoms. The lowest BCUT2D eigenvalue weighted by Crippen LogP contribution is -2.32. The molecule has 0 bridgehead atoms. The van der Waals surface area contributed by atoms with E-state index in [2.05, 4.69) is 4.74 Å². The number of primary amides is 1. The number of esters is 1.